The fraction of sp³-hybridized carbons (Fsp3) is 0.300. The average Bonchev–Trinajstić information content (AvgIpc) is 2.37. The molecule has 100 valence electrons. The lowest BCUT2D eigenvalue weighted by Crippen LogP contribution is -2.38. The zero-order valence-corrected chi connectivity index (χ0v) is 11.0. The summed E-state index contributed by atoms with van der Waals surface area (Å²) in [6.45, 7) is 2.02. The molecule has 1 rings (SSSR count). The number of nitrogens with two attached hydrogens (primary N) is 1. The smallest absolute Gasteiger partial charge is 0.301 e. The molecule has 0 bridgehead atoms. The third kappa shape index (κ3) is 3.11. The molecule has 0 fully saturated rings. The number of rotatable bonds is 5. The van der Waals surface area contributed by atoms with E-state index in [-0.39, 0.29) is 5.84 Å². The summed E-state index contributed by atoms with van der Waals surface area (Å²) >= 11 is 0. The van der Waals surface area contributed by atoms with Crippen molar-refractivity contribution in [2.45, 2.75) is 6.92 Å². The molecule has 0 spiro atoms. The van der Waals surface area contributed by atoms with Gasteiger partial charge in [0.2, 0.25) is 0 Å². The highest BCUT2D eigenvalue weighted by Crippen LogP contribution is 2.16. The lowest BCUT2D eigenvalue weighted by molar-refractivity contribution is 0.318. The predicted molar refractivity (Wildman–Crippen MR) is 70.0 cm³/mol. The summed E-state index contributed by atoms with van der Waals surface area (Å²) < 4.78 is 27.0. The standard InChI is InChI=1S/C10H16N4O3S/c1-3-12-18(16,17)14(2)9-6-4-8(5-7-9)10(11)13-15/h4-7,12,15H,3H2,1-2H3,(H2,11,13). The number of nitrogens with one attached hydrogen (secondary N) is 1. The van der Waals surface area contributed by atoms with Gasteiger partial charge in [0.1, 0.15) is 0 Å². The number of amidine groups is 1. The van der Waals surface area contributed by atoms with Gasteiger partial charge in [0.05, 0.1) is 5.69 Å². The van der Waals surface area contributed by atoms with Crippen LogP contribution in [0.15, 0.2) is 29.4 Å². The molecule has 18 heavy (non-hydrogen) atoms. The summed E-state index contributed by atoms with van der Waals surface area (Å²) in [7, 11) is -2.09. The first kappa shape index (κ1) is 14.3. The molecule has 0 unspecified atom stereocenters. The molecule has 8 heteroatoms. The van der Waals surface area contributed by atoms with Crippen LogP contribution in [-0.2, 0) is 10.2 Å². The molecule has 4 N–H and O–H groups in total. The van der Waals surface area contributed by atoms with Crippen LogP contribution in [0.5, 0.6) is 0 Å². The highest BCUT2D eigenvalue weighted by Gasteiger charge is 2.16. The maximum absolute atomic E-state index is 11.7. The van der Waals surface area contributed by atoms with Crippen LogP contribution < -0.4 is 14.8 Å². The summed E-state index contributed by atoms with van der Waals surface area (Å²) in [5.74, 6) is -0.0289. The van der Waals surface area contributed by atoms with Crippen LogP contribution in [0.25, 0.3) is 0 Å². The van der Waals surface area contributed by atoms with E-state index in [0.717, 1.165) is 4.31 Å². The zero-order valence-electron chi connectivity index (χ0n) is 10.2. The van der Waals surface area contributed by atoms with Gasteiger partial charge in [-0.15, -0.1) is 0 Å². The van der Waals surface area contributed by atoms with Gasteiger partial charge in [0.25, 0.3) is 0 Å². The predicted octanol–water partition coefficient (Wildman–Crippen LogP) is 0.0716. The van der Waals surface area contributed by atoms with E-state index < -0.39 is 10.2 Å². The third-order valence-electron chi connectivity index (χ3n) is 2.32. The van der Waals surface area contributed by atoms with E-state index in [2.05, 4.69) is 9.88 Å². The van der Waals surface area contributed by atoms with E-state index in [1.54, 1.807) is 31.2 Å². The number of nitrogens with zero attached hydrogens (tertiary/aromatic N) is 2. The Kier molecular flexibility index (Phi) is 4.51. The van der Waals surface area contributed by atoms with Crippen LogP contribution in [0.4, 0.5) is 5.69 Å². The SMILES string of the molecule is CCNS(=O)(=O)N(C)c1ccc(/C(N)=N/O)cc1. The average molecular weight is 272 g/mol. The third-order valence-corrected chi connectivity index (χ3v) is 3.91. The van der Waals surface area contributed by atoms with E-state index in [1.165, 1.54) is 7.05 Å². The molecule has 0 aromatic heterocycles. The minimum atomic E-state index is -3.53. The van der Waals surface area contributed by atoms with Crippen molar-refractivity contribution in [3.05, 3.63) is 29.8 Å². The quantitative estimate of drug-likeness (QED) is 0.305. The van der Waals surface area contributed by atoms with Gasteiger partial charge < -0.3 is 10.9 Å². The number of oxime groups is 1. The van der Waals surface area contributed by atoms with Crippen LogP contribution in [0.1, 0.15) is 12.5 Å². The number of hydrogen-bond acceptors (Lipinski definition) is 4. The van der Waals surface area contributed by atoms with Crippen LogP contribution in [0.2, 0.25) is 0 Å². The highest BCUT2D eigenvalue weighted by molar-refractivity contribution is 7.90. The largest absolute Gasteiger partial charge is 0.409 e. The second-order valence-electron chi connectivity index (χ2n) is 3.50. The van der Waals surface area contributed by atoms with Crippen molar-refractivity contribution < 1.29 is 13.6 Å². The van der Waals surface area contributed by atoms with Crippen molar-refractivity contribution >= 4 is 21.7 Å². The normalized spacial score (nSPS) is 12.4. The first-order valence-corrected chi connectivity index (χ1v) is 6.68. The first-order valence-electron chi connectivity index (χ1n) is 5.24. The summed E-state index contributed by atoms with van der Waals surface area (Å²) in [5, 5.41) is 11.4. The number of hydrogen-bond donors (Lipinski definition) is 3. The van der Waals surface area contributed by atoms with Gasteiger partial charge >= 0.3 is 10.2 Å². The molecule has 7 nitrogen and oxygen atoms in total. The Morgan fingerprint density at radius 1 is 1.44 bits per heavy atom. The molecule has 0 saturated heterocycles. The van der Waals surface area contributed by atoms with Crippen molar-refractivity contribution in [1.82, 2.24) is 4.72 Å². The van der Waals surface area contributed by atoms with Crippen molar-refractivity contribution in [3.63, 3.8) is 0 Å². The molecular formula is C10H16N4O3S. The van der Waals surface area contributed by atoms with Gasteiger partial charge in [-0.05, 0) is 24.3 Å². The lowest BCUT2D eigenvalue weighted by atomic mass is 10.2. The molecule has 0 aliphatic rings. The van der Waals surface area contributed by atoms with E-state index in [4.69, 9.17) is 10.9 Å². The zero-order chi connectivity index (χ0) is 13.8. The van der Waals surface area contributed by atoms with Crippen LogP contribution in [0, 0.1) is 0 Å². The van der Waals surface area contributed by atoms with Crippen molar-refractivity contribution in [2.24, 2.45) is 10.9 Å². The van der Waals surface area contributed by atoms with Gasteiger partial charge in [0, 0.05) is 19.2 Å². The fourth-order valence-corrected chi connectivity index (χ4v) is 2.28. The molecule has 0 aliphatic carbocycles. The Bertz CT molecular complexity index is 525. The van der Waals surface area contributed by atoms with E-state index in [0.29, 0.717) is 17.8 Å². The van der Waals surface area contributed by atoms with Crippen molar-refractivity contribution in [2.75, 3.05) is 17.9 Å². The summed E-state index contributed by atoms with van der Waals surface area (Å²) in [6, 6.07) is 6.29. The molecule has 1 aromatic carbocycles. The number of anilines is 1. The molecule has 1 aromatic rings. The first-order chi connectivity index (χ1) is 8.42. The Labute approximate surface area is 106 Å². The minimum Gasteiger partial charge on any atom is -0.409 e. The highest BCUT2D eigenvalue weighted by atomic mass is 32.2. The Hall–Kier alpha value is -1.80. The van der Waals surface area contributed by atoms with Crippen LogP contribution in [-0.4, -0.2) is 33.1 Å². The maximum Gasteiger partial charge on any atom is 0.301 e. The van der Waals surface area contributed by atoms with Gasteiger partial charge in [-0.25, -0.2) is 0 Å². The maximum atomic E-state index is 11.7. The Morgan fingerprint density at radius 3 is 2.44 bits per heavy atom. The van der Waals surface area contributed by atoms with Gasteiger partial charge in [-0.2, -0.15) is 13.1 Å². The molecule has 0 heterocycles. The van der Waals surface area contributed by atoms with E-state index in [9.17, 15) is 8.42 Å². The van der Waals surface area contributed by atoms with Gasteiger partial charge in [0.15, 0.2) is 5.84 Å². The summed E-state index contributed by atoms with van der Waals surface area (Å²) in [6.07, 6.45) is 0. The van der Waals surface area contributed by atoms with Gasteiger partial charge in [-0.3, -0.25) is 4.31 Å². The number of benzene rings is 1. The van der Waals surface area contributed by atoms with E-state index >= 15 is 0 Å². The molecule has 0 saturated carbocycles. The second kappa shape index (κ2) is 5.69. The molecule has 0 amide bonds. The molecule has 0 radical (unpaired) electrons. The monoisotopic (exact) mass is 272 g/mol. The topological polar surface area (TPSA) is 108 Å². The van der Waals surface area contributed by atoms with Crippen LogP contribution in [0.3, 0.4) is 0 Å². The summed E-state index contributed by atoms with van der Waals surface area (Å²) in [4.78, 5) is 0. The Balaban J connectivity index is 2.99. The summed E-state index contributed by atoms with van der Waals surface area (Å²) in [5.41, 5.74) is 6.40. The second-order valence-corrected chi connectivity index (χ2v) is 5.29. The minimum absolute atomic E-state index is 0.0289. The molecule has 0 aliphatic heterocycles. The molecular weight excluding hydrogens is 256 g/mol. The van der Waals surface area contributed by atoms with Gasteiger partial charge in [-0.1, -0.05) is 12.1 Å². The lowest BCUT2D eigenvalue weighted by Gasteiger charge is -2.19. The van der Waals surface area contributed by atoms with Crippen molar-refractivity contribution in [3.8, 4) is 0 Å². The fourth-order valence-electron chi connectivity index (χ4n) is 1.32. The molecule has 0 atom stereocenters. The van der Waals surface area contributed by atoms with Crippen molar-refractivity contribution in [1.29, 1.82) is 0 Å². The Morgan fingerprint density at radius 2 is 2.00 bits per heavy atom. The van der Waals surface area contributed by atoms with Crippen LogP contribution >= 0.6 is 0 Å². The van der Waals surface area contributed by atoms with E-state index in [1.807, 2.05) is 0 Å².